The van der Waals surface area contributed by atoms with Crippen LogP contribution < -0.4 is 4.90 Å². The third-order valence-corrected chi connectivity index (χ3v) is 6.45. The molecule has 0 saturated carbocycles. The molecule has 6 nitrogen and oxygen atoms in total. The van der Waals surface area contributed by atoms with E-state index in [1.807, 2.05) is 17.0 Å². The number of carbonyl (C=O) groups excluding carboxylic acids is 2. The van der Waals surface area contributed by atoms with Crippen molar-refractivity contribution in [3.05, 3.63) is 72.1 Å². The monoisotopic (exact) mass is 414 g/mol. The smallest absolute Gasteiger partial charge is 0.233 e. The van der Waals surface area contributed by atoms with Crippen molar-refractivity contribution < 1.29 is 9.59 Å². The Hall–Kier alpha value is -3.41. The van der Waals surface area contributed by atoms with Gasteiger partial charge < -0.3 is 14.7 Å². The van der Waals surface area contributed by atoms with E-state index in [1.165, 1.54) is 16.5 Å². The van der Waals surface area contributed by atoms with E-state index in [0.717, 1.165) is 24.3 Å². The zero-order valence-corrected chi connectivity index (χ0v) is 17.7. The largest absolute Gasteiger partial charge is 0.368 e. The van der Waals surface area contributed by atoms with Crippen LogP contribution in [-0.4, -0.2) is 59.3 Å². The van der Waals surface area contributed by atoms with E-state index in [9.17, 15) is 9.59 Å². The third-order valence-electron chi connectivity index (χ3n) is 6.45. The van der Waals surface area contributed by atoms with Gasteiger partial charge in [0.1, 0.15) is 0 Å². The molecule has 2 amide bonds. The molecule has 3 heterocycles. The molecule has 2 aliphatic rings. The summed E-state index contributed by atoms with van der Waals surface area (Å²) in [5.41, 5.74) is 2.98. The fourth-order valence-electron chi connectivity index (χ4n) is 4.69. The highest BCUT2D eigenvalue weighted by Crippen LogP contribution is 2.29. The van der Waals surface area contributed by atoms with Crippen LogP contribution in [0.25, 0.3) is 10.8 Å². The Kier molecular flexibility index (Phi) is 5.06. The van der Waals surface area contributed by atoms with Gasteiger partial charge in [-0.15, -0.1) is 0 Å². The minimum atomic E-state index is -0.388. The first kappa shape index (κ1) is 19.5. The molecule has 1 atom stereocenters. The Morgan fingerprint density at radius 3 is 2.45 bits per heavy atom. The molecule has 1 aromatic heterocycles. The number of hydrogen-bond donors (Lipinski definition) is 0. The molecule has 2 aliphatic heterocycles. The van der Waals surface area contributed by atoms with Crippen LogP contribution in [-0.2, 0) is 16.1 Å². The topological polar surface area (TPSA) is 56.8 Å². The van der Waals surface area contributed by atoms with E-state index in [-0.39, 0.29) is 17.7 Å². The van der Waals surface area contributed by atoms with Crippen molar-refractivity contribution in [3.63, 3.8) is 0 Å². The highest BCUT2D eigenvalue weighted by Gasteiger charge is 2.36. The first-order chi connectivity index (χ1) is 15.1. The molecule has 158 valence electrons. The van der Waals surface area contributed by atoms with E-state index >= 15 is 0 Å². The van der Waals surface area contributed by atoms with Crippen molar-refractivity contribution in [1.29, 1.82) is 0 Å². The number of nitrogens with zero attached hydrogens (tertiary/aromatic N) is 4. The standard InChI is InChI=1S/C25H26N4O2/c1-18(30)29-16-21-7-4-10-26-24(21)23(17-29)25(31)28-13-11-27(12-14-28)22-9-8-19-5-2-3-6-20(19)15-22/h2-10,15,23H,11-14,16-17H2,1H3. The molecule has 6 heteroatoms. The Labute approximate surface area is 182 Å². The Morgan fingerprint density at radius 2 is 1.68 bits per heavy atom. The SMILES string of the molecule is CC(=O)N1Cc2cccnc2C(C(=O)N2CCN(c3ccc4ccccc4c3)CC2)C1. The maximum atomic E-state index is 13.4. The fourth-order valence-corrected chi connectivity index (χ4v) is 4.69. The summed E-state index contributed by atoms with van der Waals surface area (Å²) in [6.07, 6.45) is 1.74. The molecule has 1 saturated heterocycles. The van der Waals surface area contributed by atoms with Gasteiger partial charge in [-0.3, -0.25) is 14.6 Å². The minimum Gasteiger partial charge on any atom is -0.368 e. The van der Waals surface area contributed by atoms with Crippen LogP contribution >= 0.6 is 0 Å². The van der Waals surface area contributed by atoms with Gasteiger partial charge in [0.2, 0.25) is 11.8 Å². The molecule has 0 spiro atoms. The van der Waals surface area contributed by atoms with Crippen molar-refractivity contribution in [1.82, 2.24) is 14.8 Å². The lowest BCUT2D eigenvalue weighted by Gasteiger charge is -2.39. The molecule has 1 unspecified atom stereocenters. The van der Waals surface area contributed by atoms with Crippen LogP contribution in [0.2, 0.25) is 0 Å². The van der Waals surface area contributed by atoms with Crippen molar-refractivity contribution in [2.45, 2.75) is 19.4 Å². The number of pyridine rings is 1. The second-order valence-corrected chi connectivity index (χ2v) is 8.34. The van der Waals surface area contributed by atoms with E-state index in [1.54, 1.807) is 18.0 Å². The van der Waals surface area contributed by atoms with Crippen molar-refractivity contribution in [3.8, 4) is 0 Å². The second kappa shape index (κ2) is 8.02. The van der Waals surface area contributed by atoms with E-state index in [2.05, 4.69) is 52.3 Å². The lowest BCUT2D eigenvalue weighted by atomic mass is 9.93. The predicted molar refractivity (Wildman–Crippen MR) is 121 cm³/mol. The molecular weight excluding hydrogens is 388 g/mol. The summed E-state index contributed by atoms with van der Waals surface area (Å²) < 4.78 is 0. The highest BCUT2D eigenvalue weighted by atomic mass is 16.2. The first-order valence-corrected chi connectivity index (χ1v) is 10.8. The quantitative estimate of drug-likeness (QED) is 0.647. The molecule has 0 radical (unpaired) electrons. The number of anilines is 1. The van der Waals surface area contributed by atoms with Crippen LogP contribution in [0.1, 0.15) is 24.1 Å². The van der Waals surface area contributed by atoms with Gasteiger partial charge in [-0.25, -0.2) is 0 Å². The molecule has 3 aromatic rings. The van der Waals surface area contributed by atoms with Gasteiger partial charge in [0.05, 0.1) is 11.6 Å². The van der Waals surface area contributed by atoms with E-state index < -0.39 is 0 Å². The van der Waals surface area contributed by atoms with Crippen molar-refractivity contribution in [2.24, 2.45) is 0 Å². The number of hydrogen-bond acceptors (Lipinski definition) is 4. The van der Waals surface area contributed by atoms with Gasteiger partial charge in [0.25, 0.3) is 0 Å². The summed E-state index contributed by atoms with van der Waals surface area (Å²) in [5.74, 6) is -0.321. The van der Waals surface area contributed by atoms with Crippen molar-refractivity contribution >= 4 is 28.3 Å². The van der Waals surface area contributed by atoms with E-state index in [4.69, 9.17) is 0 Å². The maximum Gasteiger partial charge on any atom is 0.233 e. The number of rotatable bonds is 2. The zero-order chi connectivity index (χ0) is 21.4. The Bertz CT molecular complexity index is 1140. The normalized spacial score (nSPS) is 18.7. The second-order valence-electron chi connectivity index (χ2n) is 8.34. The number of aromatic nitrogens is 1. The number of fused-ring (bicyclic) bond motifs is 2. The van der Waals surface area contributed by atoms with E-state index in [0.29, 0.717) is 26.2 Å². The van der Waals surface area contributed by atoms with Crippen LogP contribution in [0.4, 0.5) is 5.69 Å². The average Bonchev–Trinajstić information content (AvgIpc) is 2.82. The zero-order valence-electron chi connectivity index (χ0n) is 17.7. The molecule has 2 aromatic carbocycles. The third kappa shape index (κ3) is 3.74. The van der Waals surface area contributed by atoms with Gasteiger partial charge in [-0.05, 0) is 34.5 Å². The number of amides is 2. The Morgan fingerprint density at radius 1 is 0.903 bits per heavy atom. The first-order valence-electron chi connectivity index (χ1n) is 10.8. The maximum absolute atomic E-state index is 13.4. The summed E-state index contributed by atoms with van der Waals surface area (Å²) in [6, 6.07) is 18.7. The molecule has 0 aliphatic carbocycles. The van der Waals surface area contributed by atoms with Crippen LogP contribution in [0.5, 0.6) is 0 Å². The number of carbonyl (C=O) groups is 2. The van der Waals surface area contributed by atoms with Crippen molar-refractivity contribution in [2.75, 3.05) is 37.6 Å². The van der Waals surface area contributed by atoms with Crippen LogP contribution in [0.15, 0.2) is 60.8 Å². The summed E-state index contributed by atoms with van der Waals surface area (Å²) in [4.78, 5) is 36.0. The number of benzene rings is 2. The molecule has 5 rings (SSSR count). The van der Waals surface area contributed by atoms with Gasteiger partial charge >= 0.3 is 0 Å². The molecule has 0 bridgehead atoms. The van der Waals surface area contributed by atoms with Gasteiger partial charge in [-0.1, -0.05) is 36.4 Å². The summed E-state index contributed by atoms with van der Waals surface area (Å²) >= 11 is 0. The number of piperazine rings is 1. The molecule has 0 N–H and O–H groups in total. The predicted octanol–water partition coefficient (Wildman–Crippen LogP) is 3.03. The molecule has 31 heavy (non-hydrogen) atoms. The summed E-state index contributed by atoms with van der Waals surface area (Å²) in [7, 11) is 0. The summed E-state index contributed by atoms with van der Waals surface area (Å²) in [5, 5.41) is 2.46. The minimum absolute atomic E-state index is 0.00609. The summed E-state index contributed by atoms with van der Waals surface area (Å²) in [6.45, 7) is 5.42. The molecular formula is C25H26N4O2. The lowest BCUT2D eigenvalue weighted by Crippen LogP contribution is -2.52. The average molecular weight is 415 g/mol. The van der Waals surface area contributed by atoms with Gasteiger partial charge in [0.15, 0.2) is 0 Å². The van der Waals surface area contributed by atoms with Gasteiger partial charge in [0, 0.05) is 58.1 Å². The lowest BCUT2D eigenvalue weighted by molar-refractivity contribution is -0.136. The van der Waals surface area contributed by atoms with Gasteiger partial charge in [-0.2, -0.15) is 0 Å². The molecule has 1 fully saturated rings. The van der Waals surface area contributed by atoms with Crippen LogP contribution in [0, 0.1) is 0 Å². The van der Waals surface area contributed by atoms with Crippen LogP contribution in [0.3, 0.4) is 0 Å². The fraction of sp³-hybridized carbons (Fsp3) is 0.320. The Balaban J connectivity index is 1.31. The highest BCUT2D eigenvalue weighted by molar-refractivity contribution is 5.87.